The number of hydrogen-bond acceptors (Lipinski definition) is 7. The molecule has 4 aromatic rings. The fourth-order valence-corrected chi connectivity index (χ4v) is 5.11. The van der Waals surface area contributed by atoms with E-state index in [2.05, 4.69) is 23.2 Å². The minimum atomic E-state index is 0.0234. The third kappa shape index (κ3) is 3.18. The zero-order valence-electron chi connectivity index (χ0n) is 17.6. The van der Waals surface area contributed by atoms with Gasteiger partial charge in [-0.25, -0.2) is 4.52 Å². The fourth-order valence-electron chi connectivity index (χ4n) is 4.27. The van der Waals surface area contributed by atoms with Gasteiger partial charge >= 0.3 is 0 Å². The molecule has 0 unspecified atom stereocenters. The quantitative estimate of drug-likeness (QED) is 0.465. The lowest BCUT2D eigenvalue weighted by Gasteiger charge is -2.21. The number of thiophene rings is 1. The van der Waals surface area contributed by atoms with Gasteiger partial charge in [-0.3, -0.25) is 4.79 Å². The van der Waals surface area contributed by atoms with Gasteiger partial charge in [0.1, 0.15) is 0 Å². The molecule has 0 amide bonds. The lowest BCUT2D eigenvalue weighted by molar-refractivity contribution is 0.0956. The van der Waals surface area contributed by atoms with Crippen molar-refractivity contribution in [3.8, 4) is 22.6 Å². The first-order valence-corrected chi connectivity index (χ1v) is 11.1. The third-order valence-electron chi connectivity index (χ3n) is 5.80. The highest BCUT2D eigenvalue weighted by atomic mass is 32.1. The number of carbonyl (C=O) groups excluding carboxylic acids is 1. The normalized spacial score (nSPS) is 15.8. The Hall–Kier alpha value is -3.26. The van der Waals surface area contributed by atoms with E-state index >= 15 is 0 Å². The van der Waals surface area contributed by atoms with Gasteiger partial charge in [0.2, 0.25) is 0 Å². The van der Waals surface area contributed by atoms with Crippen molar-refractivity contribution < 1.29 is 14.3 Å². The largest absolute Gasteiger partial charge is 0.493 e. The molecule has 1 aliphatic rings. The summed E-state index contributed by atoms with van der Waals surface area (Å²) in [5.41, 5.74) is 4.66. The number of hydrogen-bond donors (Lipinski definition) is 0. The van der Waals surface area contributed by atoms with E-state index in [1.165, 1.54) is 4.88 Å². The monoisotopic (exact) mass is 434 g/mol. The molecule has 7 nitrogen and oxygen atoms in total. The summed E-state index contributed by atoms with van der Waals surface area (Å²) in [6, 6.07) is 9.89. The molecule has 1 aliphatic carbocycles. The van der Waals surface area contributed by atoms with Crippen LogP contribution in [0.2, 0.25) is 0 Å². The topological polar surface area (TPSA) is 78.6 Å². The number of ketones is 1. The van der Waals surface area contributed by atoms with Crippen molar-refractivity contribution in [3.05, 3.63) is 57.7 Å². The zero-order valence-corrected chi connectivity index (χ0v) is 18.4. The third-order valence-corrected chi connectivity index (χ3v) is 6.83. The number of rotatable bonds is 5. The van der Waals surface area contributed by atoms with Crippen LogP contribution in [0.4, 0.5) is 0 Å². The maximum absolute atomic E-state index is 12.9. The first-order valence-electron chi connectivity index (χ1n) is 10.2. The second kappa shape index (κ2) is 7.77. The van der Waals surface area contributed by atoms with Gasteiger partial charge in [-0.05, 0) is 35.6 Å². The fraction of sp³-hybridized carbons (Fsp3) is 0.304. The molecule has 3 heterocycles. The number of benzene rings is 1. The molecule has 0 radical (unpaired) electrons. The van der Waals surface area contributed by atoms with Crippen LogP contribution in [0.25, 0.3) is 16.8 Å². The summed E-state index contributed by atoms with van der Waals surface area (Å²) in [4.78, 5) is 14.1. The van der Waals surface area contributed by atoms with Gasteiger partial charge in [0.05, 0.1) is 31.2 Å². The zero-order chi connectivity index (χ0) is 21.5. The Kier molecular flexibility index (Phi) is 4.94. The Labute approximate surface area is 183 Å². The molecule has 0 fully saturated rings. The second-order valence-corrected chi connectivity index (χ2v) is 8.50. The Morgan fingerprint density at radius 3 is 2.68 bits per heavy atom. The van der Waals surface area contributed by atoms with Gasteiger partial charge in [0, 0.05) is 23.6 Å². The molecule has 31 heavy (non-hydrogen) atoms. The molecule has 0 spiro atoms. The summed E-state index contributed by atoms with van der Waals surface area (Å²) >= 11 is 1.69. The van der Waals surface area contributed by atoms with Crippen molar-refractivity contribution in [2.24, 2.45) is 0 Å². The van der Waals surface area contributed by atoms with E-state index in [1.807, 2.05) is 34.2 Å². The maximum Gasteiger partial charge on any atom is 0.185 e. The van der Waals surface area contributed by atoms with E-state index in [1.54, 1.807) is 25.6 Å². The summed E-state index contributed by atoms with van der Waals surface area (Å²) in [5, 5.41) is 15.7. The van der Waals surface area contributed by atoms with E-state index < -0.39 is 0 Å². The standard InChI is InChI=1S/C23H22N4O3S/c1-4-15-21(13-7-8-18(29-2)19(12-13)30-3)23-25-24-22-16(27(23)26-15)10-14(11-17(22)28)20-6-5-9-31-20/h5-9,12,14H,4,10-11H2,1-3H3/t14-/m0/s1. The molecule has 0 N–H and O–H groups in total. The number of fused-ring (bicyclic) bond motifs is 3. The van der Waals surface area contributed by atoms with Gasteiger partial charge in [0.25, 0.3) is 0 Å². The van der Waals surface area contributed by atoms with Crippen molar-refractivity contribution in [2.75, 3.05) is 14.2 Å². The minimum Gasteiger partial charge on any atom is -0.493 e. The number of methoxy groups -OCH3 is 2. The first-order chi connectivity index (χ1) is 15.1. The van der Waals surface area contributed by atoms with E-state index in [4.69, 9.17) is 14.6 Å². The van der Waals surface area contributed by atoms with Crippen LogP contribution in [-0.4, -0.2) is 39.8 Å². The summed E-state index contributed by atoms with van der Waals surface area (Å²) in [5.74, 6) is 1.47. The van der Waals surface area contributed by atoms with Crippen LogP contribution in [0.15, 0.2) is 35.7 Å². The Morgan fingerprint density at radius 1 is 1.13 bits per heavy atom. The molecule has 5 rings (SSSR count). The molecular weight excluding hydrogens is 412 g/mol. The van der Waals surface area contributed by atoms with E-state index in [0.717, 1.165) is 28.9 Å². The first kappa shape index (κ1) is 19.7. The molecule has 1 atom stereocenters. The molecule has 3 aromatic heterocycles. The van der Waals surface area contributed by atoms with Crippen molar-refractivity contribution >= 4 is 22.8 Å². The maximum atomic E-state index is 12.9. The van der Waals surface area contributed by atoms with Gasteiger partial charge in [-0.2, -0.15) is 5.10 Å². The van der Waals surface area contributed by atoms with Crippen LogP contribution in [0, 0.1) is 0 Å². The molecule has 8 heteroatoms. The SMILES string of the molecule is CCc1nn2c3c(nnc2c1-c1ccc(OC)c(OC)c1)C(=O)C[C@@H](c1cccs1)C3. The molecular formula is C23H22N4O3S. The van der Waals surface area contributed by atoms with Crippen LogP contribution >= 0.6 is 11.3 Å². The Bertz CT molecular complexity index is 1280. The molecule has 0 aliphatic heterocycles. The van der Waals surface area contributed by atoms with Crippen molar-refractivity contribution in [1.29, 1.82) is 0 Å². The number of nitrogens with zero attached hydrogens (tertiary/aromatic N) is 4. The summed E-state index contributed by atoms with van der Waals surface area (Å²) in [7, 11) is 3.23. The van der Waals surface area contributed by atoms with Crippen LogP contribution in [0.1, 0.15) is 46.0 Å². The number of ether oxygens (including phenoxy) is 2. The second-order valence-electron chi connectivity index (χ2n) is 7.52. The predicted octanol–water partition coefficient (Wildman–Crippen LogP) is 4.35. The van der Waals surface area contributed by atoms with Crippen molar-refractivity contribution in [1.82, 2.24) is 19.8 Å². The average Bonchev–Trinajstić information content (AvgIpc) is 3.46. The predicted molar refractivity (Wildman–Crippen MR) is 118 cm³/mol. The van der Waals surface area contributed by atoms with Crippen molar-refractivity contribution in [2.45, 2.75) is 32.1 Å². The van der Waals surface area contributed by atoms with Crippen LogP contribution in [0.3, 0.4) is 0 Å². The van der Waals surface area contributed by atoms with Crippen LogP contribution in [-0.2, 0) is 12.8 Å². The van der Waals surface area contributed by atoms with Crippen LogP contribution < -0.4 is 9.47 Å². The van der Waals surface area contributed by atoms with E-state index in [9.17, 15) is 4.79 Å². The highest BCUT2D eigenvalue weighted by Gasteiger charge is 2.32. The average molecular weight is 435 g/mol. The number of Topliss-reactive ketones (excluding diaryl/α,β-unsaturated/α-hetero) is 1. The van der Waals surface area contributed by atoms with Gasteiger partial charge < -0.3 is 9.47 Å². The molecule has 0 saturated carbocycles. The van der Waals surface area contributed by atoms with Gasteiger partial charge in [-0.1, -0.05) is 19.1 Å². The minimum absolute atomic E-state index is 0.0234. The molecule has 0 bridgehead atoms. The highest BCUT2D eigenvalue weighted by Crippen LogP contribution is 2.38. The lowest BCUT2D eigenvalue weighted by Crippen LogP contribution is -2.23. The van der Waals surface area contributed by atoms with Crippen molar-refractivity contribution in [3.63, 3.8) is 0 Å². The van der Waals surface area contributed by atoms with Gasteiger partial charge in [-0.15, -0.1) is 21.5 Å². The molecule has 0 saturated heterocycles. The molecule has 158 valence electrons. The van der Waals surface area contributed by atoms with Crippen LogP contribution in [0.5, 0.6) is 11.5 Å². The smallest absolute Gasteiger partial charge is 0.185 e. The van der Waals surface area contributed by atoms with Gasteiger partial charge in [0.15, 0.2) is 28.6 Å². The Balaban J connectivity index is 1.69. The number of carbonyl (C=O) groups is 1. The summed E-state index contributed by atoms with van der Waals surface area (Å²) in [6.45, 7) is 2.06. The Morgan fingerprint density at radius 2 is 1.97 bits per heavy atom. The number of aromatic nitrogens is 4. The summed E-state index contributed by atoms with van der Waals surface area (Å²) in [6.07, 6.45) is 1.89. The highest BCUT2D eigenvalue weighted by molar-refractivity contribution is 7.10. The summed E-state index contributed by atoms with van der Waals surface area (Å²) < 4.78 is 12.7. The number of aryl methyl sites for hydroxylation is 1. The lowest BCUT2D eigenvalue weighted by atomic mass is 9.87. The van der Waals surface area contributed by atoms with E-state index in [-0.39, 0.29) is 11.7 Å². The van der Waals surface area contributed by atoms with E-state index in [0.29, 0.717) is 35.7 Å². The molecule has 1 aromatic carbocycles.